The smallest absolute Gasteiger partial charge is 0.328 e. The van der Waals surface area contributed by atoms with E-state index in [9.17, 15) is 4.79 Å². The molecule has 0 aliphatic rings. The minimum atomic E-state index is -0.930. The molecule has 0 aliphatic carbocycles. The second kappa shape index (κ2) is 19.2. The molecule has 0 atom stereocenters. The molecular weight excluding hydrogens is 296 g/mol. The number of unbranched alkanes of at least 4 members (excludes halogenated alkanes) is 9. The van der Waals surface area contributed by atoms with Crippen molar-refractivity contribution < 1.29 is 9.90 Å². The van der Waals surface area contributed by atoms with Crippen LogP contribution in [0.2, 0.25) is 0 Å². The molecule has 0 heterocycles. The third kappa shape index (κ3) is 20.2. The summed E-state index contributed by atoms with van der Waals surface area (Å²) in [5, 5.41) is 8.40. The molecule has 0 aromatic rings. The fraction of sp³-hybridized carbons (Fsp3) is 0.500. The van der Waals surface area contributed by atoms with Crippen LogP contribution in [0.25, 0.3) is 0 Å². The van der Waals surface area contributed by atoms with Crippen LogP contribution in [0.5, 0.6) is 0 Å². The number of rotatable bonds is 15. The van der Waals surface area contributed by atoms with Gasteiger partial charge in [0, 0.05) is 6.08 Å². The molecule has 0 amide bonds. The van der Waals surface area contributed by atoms with E-state index in [-0.39, 0.29) is 0 Å². The maximum absolute atomic E-state index is 10.2. The average molecular weight is 331 g/mol. The lowest BCUT2D eigenvalue weighted by atomic mass is 10.1. The van der Waals surface area contributed by atoms with Gasteiger partial charge in [-0.05, 0) is 12.8 Å². The first kappa shape index (κ1) is 22.2. The van der Waals surface area contributed by atoms with Crippen LogP contribution in [-0.2, 0) is 4.79 Å². The summed E-state index contributed by atoms with van der Waals surface area (Å²) < 4.78 is 0. The minimum Gasteiger partial charge on any atom is -0.478 e. The lowest BCUT2D eigenvalue weighted by molar-refractivity contribution is -0.131. The molecule has 0 aromatic carbocycles. The van der Waals surface area contributed by atoms with Gasteiger partial charge in [0.15, 0.2) is 0 Å². The van der Waals surface area contributed by atoms with Gasteiger partial charge >= 0.3 is 5.97 Å². The van der Waals surface area contributed by atoms with Crippen molar-refractivity contribution in [3.8, 4) is 0 Å². The summed E-state index contributed by atoms with van der Waals surface area (Å²) in [5.41, 5.74) is 0. The highest BCUT2D eigenvalue weighted by molar-refractivity contribution is 5.80. The molecule has 0 aromatic heterocycles. The van der Waals surface area contributed by atoms with Crippen LogP contribution in [0, 0.1) is 0 Å². The van der Waals surface area contributed by atoms with Gasteiger partial charge in [0.05, 0.1) is 0 Å². The standard InChI is InChI=1S/C22H34O2/c1-2-3-4-5-6-7-8-9-10-11-12-13-14-15-16-17-18-19-20-21-22(23)24/h12-21H,2-11H2,1H3,(H,23,24)/b13-12-,15-14+,17-16+,19-18+,21-20+. The van der Waals surface area contributed by atoms with Crippen molar-refractivity contribution in [2.24, 2.45) is 0 Å². The molecule has 0 bridgehead atoms. The Hall–Kier alpha value is -1.83. The monoisotopic (exact) mass is 330 g/mol. The van der Waals surface area contributed by atoms with Crippen molar-refractivity contribution in [1.29, 1.82) is 0 Å². The fourth-order valence-electron chi connectivity index (χ4n) is 2.27. The predicted octanol–water partition coefficient (Wildman–Crippen LogP) is 6.77. The average Bonchev–Trinajstić information content (AvgIpc) is 2.56. The van der Waals surface area contributed by atoms with Gasteiger partial charge in [0.2, 0.25) is 0 Å². The number of aliphatic carboxylic acids is 1. The Balaban J connectivity index is 3.44. The van der Waals surface area contributed by atoms with Crippen molar-refractivity contribution in [1.82, 2.24) is 0 Å². The molecule has 134 valence electrons. The number of allylic oxidation sites excluding steroid dienone is 9. The molecule has 1 N–H and O–H groups in total. The Morgan fingerprint density at radius 2 is 1.12 bits per heavy atom. The summed E-state index contributed by atoms with van der Waals surface area (Å²) in [6, 6.07) is 0. The quantitative estimate of drug-likeness (QED) is 0.204. The zero-order valence-electron chi connectivity index (χ0n) is 15.2. The molecule has 0 spiro atoms. The van der Waals surface area contributed by atoms with Crippen LogP contribution in [0.4, 0.5) is 0 Å². The Kier molecular flexibility index (Phi) is 17.8. The lowest BCUT2D eigenvalue weighted by Crippen LogP contribution is -1.84. The number of hydrogen-bond donors (Lipinski definition) is 1. The molecule has 0 unspecified atom stereocenters. The Labute approximate surface area is 148 Å². The van der Waals surface area contributed by atoms with Gasteiger partial charge in [0.25, 0.3) is 0 Å². The van der Waals surface area contributed by atoms with Crippen LogP contribution in [0.1, 0.15) is 71.1 Å². The van der Waals surface area contributed by atoms with Crippen LogP contribution in [-0.4, -0.2) is 11.1 Å². The van der Waals surface area contributed by atoms with Crippen molar-refractivity contribution in [3.63, 3.8) is 0 Å². The first-order valence-corrected chi connectivity index (χ1v) is 9.33. The van der Waals surface area contributed by atoms with Gasteiger partial charge in [-0.1, -0.05) is 113 Å². The van der Waals surface area contributed by atoms with Gasteiger partial charge in [-0.15, -0.1) is 0 Å². The minimum absolute atomic E-state index is 0.930. The number of hydrogen-bond acceptors (Lipinski definition) is 1. The molecule has 0 fully saturated rings. The Bertz CT molecular complexity index is 425. The lowest BCUT2D eigenvalue weighted by Gasteiger charge is -2.00. The summed E-state index contributed by atoms with van der Waals surface area (Å²) in [6.07, 6.45) is 31.7. The van der Waals surface area contributed by atoms with Gasteiger partial charge < -0.3 is 5.11 Å². The fourth-order valence-corrected chi connectivity index (χ4v) is 2.27. The number of carboxylic acids is 1. The van der Waals surface area contributed by atoms with E-state index in [1.165, 1.54) is 63.9 Å². The zero-order chi connectivity index (χ0) is 17.7. The highest BCUT2D eigenvalue weighted by Gasteiger charge is 1.90. The van der Waals surface area contributed by atoms with Crippen LogP contribution >= 0.6 is 0 Å². The van der Waals surface area contributed by atoms with Gasteiger partial charge in [0.1, 0.15) is 0 Å². The zero-order valence-corrected chi connectivity index (χ0v) is 15.2. The molecular formula is C22H34O2. The van der Waals surface area contributed by atoms with E-state index >= 15 is 0 Å². The summed E-state index contributed by atoms with van der Waals surface area (Å²) in [6.45, 7) is 2.26. The molecule has 0 saturated heterocycles. The first-order valence-electron chi connectivity index (χ1n) is 9.33. The topological polar surface area (TPSA) is 37.3 Å². The highest BCUT2D eigenvalue weighted by atomic mass is 16.4. The van der Waals surface area contributed by atoms with Crippen LogP contribution in [0.15, 0.2) is 60.8 Å². The largest absolute Gasteiger partial charge is 0.478 e. The van der Waals surface area contributed by atoms with Crippen LogP contribution < -0.4 is 0 Å². The normalized spacial score (nSPS) is 12.7. The maximum Gasteiger partial charge on any atom is 0.328 e. The van der Waals surface area contributed by atoms with E-state index in [1.807, 2.05) is 24.3 Å². The second-order valence-corrected chi connectivity index (χ2v) is 5.90. The van der Waals surface area contributed by atoms with E-state index in [1.54, 1.807) is 12.2 Å². The maximum atomic E-state index is 10.2. The second-order valence-electron chi connectivity index (χ2n) is 5.90. The van der Waals surface area contributed by atoms with Crippen molar-refractivity contribution in [2.45, 2.75) is 71.1 Å². The molecule has 2 nitrogen and oxygen atoms in total. The summed E-state index contributed by atoms with van der Waals surface area (Å²) >= 11 is 0. The van der Waals surface area contributed by atoms with Gasteiger partial charge in [-0.25, -0.2) is 4.79 Å². The van der Waals surface area contributed by atoms with E-state index < -0.39 is 5.97 Å². The Morgan fingerprint density at radius 1 is 0.667 bits per heavy atom. The van der Waals surface area contributed by atoms with E-state index in [0.29, 0.717) is 0 Å². The van der Waals surface area contributed by atoms with Crippen LogP contribution in [0.3, 0.4) is 0 Å². The summed E-state index contributed by atoms with van der Waals surface area (Å²) in [5.74, 6) is -0.930. The molecule has 0 radical (unpaired) electrons. The Morgan fingerprint density at radius 3 is 1.67 bits per heavy atom. The van der Waals surface area contributed by atoms with Crippen molar-refractivity contribution >= 4 is 5.97 Å². The van der Waals surface area contributed by atoms with Gasteiger partial charge in [-0.2, -0.15) is 0 Å². The third-order valence-corrected chi connectivity index (χ3v) is 3.63. The van der Waals surface area contributed by atoms with E-state index in [0.717, 1.165) is 12.5 Å². The summed E-state index contributed by atoms with van der Waals surface area (Å²) in [4.78, 5) is 10.2. The number of carboxylic acid groups (broad SMARTS) is 1. The molecule has 2 heteroatoms. The van der Waals surface area contributed by atoms with E-state index in [2.05, 4.69) is 19.1 Å². The molecule has 24 heavy (non-hydrogen) atoms. The van der Waals surface area contributed by atoms with Crippen molar-refractivity contribution in [2.75, 3.05) is 0 Å². The summed E-state index contributed by atoms with van der Waals surface area (Å²) in [7, 11) is 0. The number of carbonyl (C=O) groups is 1. The molecule has 0 rings (SSSR count). The molecule has 0 saturated carbocycles. The van der Waals surface area contributed by atoms with Crippen molar-refractivity contribution in [3.05, 3.63) is 60.8 Å². The van der Waals surface area contributed by atoms with E-state index in [4.69, 9.17) is 5.11 Å². The van der Waals surface area contributed by atoms with Gasteiger partial charge in [-0.3, -0.25) is 0 Å². The SMILES string of the molecule is CCCCCCCCCCC\C=C/C=C/C=C/C=C/C=C/C(=O)O. The highest BCUT2D eigenvalue weighted by Crippen LogP contribution is 2.10. The third-order valence-electron chi connectivity index (χ3n) is 3.63. The predicted molar refractivity (Wildman–Crippen MR) is 105 cm³/mol. The molecule has 0 aliphatic heterocycles. The first-order chi connectivity index (χ1) is 11.8.